The van der Waals surface area contributed by atoms with Crippen molar-refractivity contribution in [1.82, 2.24) is 9.88 Å². The van der Waals surface area contributed by atoms with Crippen molar-refractivity contribution in [2.45, 2.75) is 32.3 Å². The predicted molar refractivity (Wildman–Crippen MR) is 120 cm³/mol. The maximum Gasteiger partial charge on any atom is 0.573 e. The predicted octanol–water partition coefficient (Wildman–Crippen LogP) is 6.36. The molecule has 4 nitrogen and oxygen atoms in total. The smallest absolute Gasteiger partial charge is 0.406 e. The molecule has 1 fully saturated rings. The summed E-state index contributed by atoms with van der Waals surface area (Å²) < 4.78 is 41.2. The van der Waals surface area contributed by atoms with Crippen molar-refractivity contribution in [3.63, 3.8) is 0 Å². The van der Waals surface area contributed by atoms with E-state index in [1.807, 2.05) is 30.3 Å². The van der Waals surface area contributed by atoms with Gasteiger partial charge >= 0.3 is 6.36 Å². The Bertz CT molecular complexity index is 1090. The van der Waals surface area contributed by atoms with E-state index < -0.39 is 6.36 Å². The summed E-state index contributed by atoms with van der Waals surface area (Å²) in [6, 6.07) is 17.7. The summed E-state index contributed by atoms with van der Waals surface area (Å²) >= 11 is 6.12. The van der Waals surface area contributed by atoms with Gasteiger partial charge in [-0.25, -0.2) is 0 Å². The van der Waals surface area contributed by atoms with Crippen molar-refractivity contribution < 1.29 is 17.9 Å². The molecule has 8 heteroatoms. The number of halogens is 4. The molecule has 3 aromatic rings. The molecule has 0 aliphatic carbocycles. The zero-order valence-corrected chi connectivity index (χ0v) is 18.5. The highest BCUT2D eigenvalue weighted by molar-refractivity contribution is 6.30. The van der Waals surface area contributed by atoms with Gasteiger partial charge in [0.2, 0.25) is 0 Å². The van der Waals surface area contributed by atoms with Crippen LogP contribution in [0.2, 0.25) is 5.02 Å². The number of nitrogens with zero attached hydrogens (tertiary/aromatic N) is 3. The molecule has 0 radical (unpaired) electrons. The Hall–Kier alpha value is -2.77. The maximum atomic E-state index is 12.4. The molecule has 2 heterocycles. The lowest BCUT2D eigenvalue weighted by Gasteiger charge is -2.29. The van der Waals surface area contributed by atoms with Gasteiger partial charge in [0, 0.05) is 41.1 Å². The van der Waals surface area contributed by atoms with Crippen LogP contribution < -0.4 is 9.64 Å². The van der Waals surface area contributed by atoms with Gasteiger partial charge in [0.1, 0.15) is 5.75 Å². The molecule has 0 spiro atoms. The molecule has 1 saturated heterocycles. The topological polar surface area (TPSA) is 28.6 Å². The highest BCUT2D eigenvalue weighted by atomic mass is 35.5. The Kier molecular flexibility index (Phi) is 6.05. The van der Waals surface area contributed by atoms with Crippen molar-refractivity contribution in [2.75, 3.05) is 18.1 Å². The van der Waals surface area contributed by atoms with Crippen LogP contribution in [0.4, 0.5) is 18.9 Å². The average Bonchev–Trinajstić information content (AvgIpc) is 3.02. The van der Waals surface area contributed by atoms with E-state index in [-0.39, 0.29) is 11.3 Å². The molecule has 0 amide bonds. The van der Waals surface area contributed by atoms with Gasteiger partial charge in [-0.2, -0.15) is 0 Å². The summed E-state index contributed by atoms with van der Waals surface area (Å²) in [6.45, 7) is 6.44. The monoisotopic (exact) mass is 461 g/mol. The number of benzene rings is 2. The molecule has 2 aromatic carbocycles. The van der Waals surface area contributed by atoms with E-state index in [9.17, 15) is 13.2 Å². The van der Waals surface area contributed by atoms with E-state index in [1.165, 1.54) is 12.1 Å². The molecule has 1 aliphatic heterocycles. The highest BCUT2D eigenvalue weighted by Crippen LogP contribution is 2.32. The lowest BCUT2D eigenvalue weighted by atomic mass is 10.0. The second-order valence-corrected chi connectivity index (χ2v) is 8.89. The zero-order chi connectivity index (χ0) is 22.9. The normalized spacial score (nSPS) is 16.4. The quantitative estimate of drug-likeness (QED) is 0.442. The fraction of sp³-hybridized carbons (Fsp3) is 0.292. The molecular formula is C24H23ClF3N3O. The summed E-state index contributed by atoms with van der Waals surface area (Å²) in [4.78, 5) is 8.97. The van der Waals surface area contributed by atoms with Gasteiger partial charge in [0.15, 0.2) is 0 Å². The molecular weight excluding hydrogens is 439 g/mol. The Balaban J connectivity index is 1.48. The van der Waals surface area contributed by atoms with Gasteiger partial charge in [-0.05, 0) is 67.9 Å². The minimum absolute atomic E-state index is 0.124. The number of pyridine rings is 1. The van der Waals surface area contributed by atoms with E-state index in [2.05, 4.69) is 39.4 Å². The van der Waals surface area contributed by atoms with E-state index >= 15 is 0 Å². The third-order valence-corrected chi connectivity index (χ3v) is 5.76. The number of hydrogen-bond donors (Lipinski definition) is 0. The number of rotatable bonds is 5. The third-order valence-electron chi connectivity index (χ3n) is 5.53. The zero-order valence-electron chi connectivity index (χ0n) is 17.7. The van der Waals surface area contributed by atoms with E-state index in [0.717, 1.165) is 35.6 Å². The van der Waals surface area contributed by atoms with Crippen LogP contribution in [0.1, 0.15) is 19.4 Å². The first-order valence-corrected chi connectivity index (χ1v) is 10.5. The van der Waals surface area contributed by atoms with Gasteiger partial charge < -0.3 is 9.64 Å². The molecule has 168 valence electrons. The number of alkyl halides is 3. The lowest BCUT2D eigenvalue weighted by Crippen LogP contribution is -2.39. The molecule has 32 heavy (non-hydrogen) atoms. The number of hydrogen-bond acceptors (Lipinski definition) is 4. The van der Waals surface area contributed by atoms with Crippen LogP contribution in [-0.4, -0.2) is 35.0 Å². The maximum absolute atomic E-state index is 12.4. The van der Waals surface area contributed by atoms with Gasteiger partial charge in [0.25, 0.3) is 0 Å². The van der Waals surface area contributed by atoms with E-state index in [4.69, 9.17) is 11.6 Å². The van der Waals surface area contributed by atoms with Crippen LogP contribution in [0.3, 0.4) is 0 Å². The van der Waals surface area contributed by atoms with Crippen LogP contribution in [0.15, 0.2) is 66.9 Å². The summed E-state index contributed by atoms with van der Waals surface area (Å²) in [5.74, 6) is -0.220. The Morgan fingerprint density at radius 1 is 1.06 bits per heavy atom. The van der Waals surface area contributed by atoms with Gasteiger partial charge in [-0.3, -0.25) is 9.88 Å². The van der Waals surface area contributed by atoms with E-state index in [1.54, 1.807) is 18.3 Å². The number of ether oxygens (including phenoxy) is 1. The lowest BCUT2D eigenvalue weighted by molar-refractivity contribution is -0.274. The molecule has 0 N–H and O–H groups in total. The summed E-state index contributed by atoms with van der Waals surface area (Å²) in [5, 5.41) is 0.665. The number of anilines is 1. The standard InChI is InChI=1S/C24H23ClF3N3O/c1-23(2)15-30(20-6-8-21(9-7-20)32-24(26,27)28)16-31(23)14-17-10-11-29-22(12-17)18-4-3-5-19(25)13-18/h3-13H,14-16H2,1-2H3. The van der Waals surface area contributed by atoms with Gasteiger partial charge in [-0.1, -0.05) is 23.7 Å². The van der Waals surface area contributed by atoms with Crippen molar-refractivity contribution in [3.8, 4) is 17.0 Å². The van der Waals surface area contributed by atoms with Crippen LogP contribution >= 0.6 is 11.6 Å². The molecule has 0 saturated carbocycles. The first-order chi connectivity index (χ1) is 15.1. The summed E-state index contributed by atoms with van der Waals surface area (Å²) in [6.07, 6.45) is -2.89. The van der Waals surface area contributed by atoms with Crippen molar-refractivity contribution in [1.29, 1.82) is 0 Å². The van der Waals surface area contributed by atoms with Gasteiger partial charge in [0.05, 0.1) is 12.4 Å². The molecule has 0 atom stereocenters. The van der Waals surface area contributed by atoms with Gasteiger partial charge in [-0.15, -0.1) is 13.2 Å². The van der Waals surface area contributed by atoms with Crippen molar-refractivity contribution in [2.24, 2.45) is 0 Å². The fourth-order valence-electron chi connectivity index (χ4n) is 3.91. The van der Waals surface area contributed by atoms with Crippen molar-refractivity contribution in [3.05, 3.63) is 77.4 Å². The van der Waals surface area contributed by atoms with Crippen LogP contribution in [-0.2, 0) is 6.54 Å². The second-order valence-electron chi connectivity index (χ2n) is 8.45. The minimum atomic E-state index is -4.69. The fourth-order valence-corrected chi connectivity index (χ4v) is 4.10. The second kappa shape index (κ2) is 8.64. The number of aromatic nitrogens is 1. The van der Waals surface area contributed by atoms with E-state index in [0.29, 0.717) is 11.7 Å². The van der Waals surface area contributed by atoms with Crippen LogP contribution in [0.5, 0.6) is 5.75 Å². The van der Waals surface area contributed by atoms with Crippen LogP contribution in [0, 0.1) is 0 Å². The Labute approximate surface area is 190 Å². The molecule has 0 bridgehead atoms. The Morgan fingerprint density at radius 3 is 2.50 bits per heavy atom. The minimum Gasteiger partial charge on any atom is -0.406 e. The SMILES string of the molecule is CC1(C)CN(c2ccc(OC(F)(F)F)cc2)CN1Cc1ccnc(-c2cccc(Cl)c2)c1. The van der Waals surface area contributed by atoms with Crippen LogP contribution in [0.25, 0.3) is 11.3 Å². The molecule has 1 aliphatic rings. The molecule has 0 unspecified atom stereocenters. The first kappa shape index (κ1) is 22.4. The summed E-state index contributed by atoms with van der Waals surface area (Å²) in [7, 11) is 0. The summed E-state index contributed by atoms with van der Waals surface area (Å²) in [5.41, 5.74) is 3.67. The third kappa shape index (κ3) is 5.34. The largest absolute Gasteiger partial charge is 0.573 e. The average molecular weight is 462 g/mol. The molecule has 4 rings (SSSR count). The Morgan fingerprint density at radius 2 is 1.81 bits per heavy atom. The first-order valence-electron chi connectivity index (χ1n) is 10.2. The highest BCUT2D eigenvalue weighted by Gasteiger charge is 2.37. The molecule has 1 aromatic heterocycles. The van der Waals surface area contributed by atoms with Crippen molar-refractivity contribution >= 4 is 17.3 Å².